The van der Waals surface area contributed by atoms with Crippen molar-refractivity contribution < 1.29 is 9.53 Å². The Morgan fingerprint density at radius 2 is 1.58 bits per heavy atom. The fraction of sp³-hybridized carbons (Fsp3) is 0.350. The molecule has 2 N–H and O–H groups in total. The fourth-order valence-corrected chi connectivity index (χ4v) is 2.92. The highest BCUT2D eigenvalue weighted by Gasteiger charge is 2.14. The number of benzene rings is 2. The maximum absolute atomic E-state index is 12.1. The Hall–Kier alpha value is -2.73. The lowest BCUT2D eigenvalue weighted by atomic mass is 10.2. The molecule has 2 aromatic carbocycles. The number of hydrogen-bond acceptors (Lipinski definition) is 5. The molecular weight excluding hydrogens is 328 g/mol. The van der Waals surface area contributed by atoms with Crippen LogP contribution in [0.25, 0.3) is 0 Å². The lowest BCUT2D eigenvalue weighted by Gasteiger charge is -2.34. The largest absolute Gasteiger partial charge is 0.497 e. The molecule has 2 aromatic rings. The second-order valence-corrected chi connectivity index (χ2v) is 6.47. The molecule has 0 unspecified atom stereocenters. The maximum Gasteiger partial charge on any atom is 0.243 e. The van der Waals surface area contributed by atoms with Gasteiger partial charge >= 0.3 is 0 Å². The summed E-state index contributed by atoms with van der Waals surface area (Å²) in [4.78, 5) is 16.8. The molecule has 1 fully saturated rings. The minimum absolute atomic E-state index is 0.0758. The van der Waals surface area contributed by atoms with Crippen molar-refractivity contribution in [3.63, 3.8) is 0 Å². The molecule has 3 rings (SSSR count). The number of nitrogens with one attached hydrogen (secondary N) is 2. The van der Waals surface area contributed by atoms with E-state index in [1.54, 1.807) is 7.11 Å². The first-order chi connectivity index (χ1) is 12.6. The van der Waals surface area contributed by atoms with E-state index in [0.29, 0.717) is 0 Å². The van der Waals surface area contributed by atoms with Gasteiger partial charge in [-0.2, -0.15) is 0 Å². The summed E-state index contributed by atoms with van der Waals surface area (Å²) in [6, 6.07) is 15.5. The average molecular weight is 354 g/mol. The first-order valence-corrected chi connectivity index (χ1v) is 8.85. The quantitative estimate of drug-likeness (QED) is 0.835. The van der Waals surface area contributed by atoms with E-state index in [2.05, 4.69) is 39.6 Å². The van der Waals surface area contributed by atoms with Gasteiger partial charge in [0.15, 0.2) is 0 Å². The highest BCUT2D eigenvalue weighted by molar-refractivity contribution is 5.93. The van der Waals surface area contributed by atoms with Gasteiger partial charge in [-0.3, -0.25) is 4.79 Å². The predicted octanol–water partition coefficient (Wildman–Crippen LogP) is 2.50. The molecule has 1 saturated heterocycles. The van der Waals surface area contributed by atoms with Crippen LogP contribution in [-0.4, -0.2) is 57.7 Å². The van der Waals surface area contributed by atoms with Crippen LogP contribution >= 0.6 is 0 Å². The molecule has 0 bridgehead atoms. The van der Waals surface area contributed by atoms with Crippen molar-refractivity contribution in [1.29, 1.82) is 0 Å². The van der Waals surface area contributed by atoms with Crippen LogP contribution in [0.2, 0.25) is 0 Å². The number of carbonyl (C=O) groups excluding carboxylic acids is 1. The summed E-state index contributed by atoms with van der Waals surface area (Å²) in [5, 5.41) is 6.02. The van der Waals surface area contributed by atoms with Crippen LogP contribution in [-0.2, 0) is 4.79 Å². The highest BCUT2D eigenvalue weighted by Crippen LogP contribution is 2.19. The summed E-state index contributed by atoms with van der Waals surface area (Å²) in [7, 11) is 3.78. The summed E-state index contributed by atoms with van der Waals surface area (Å²) in [5.74, 6) is 0.716. The third kappa shape index (κ3) is 4.89. The number of carbonyl (C=O) groups is 1. The summed E-state index contributed by atoms with van der Waals surface area (Å²) in [6.45, 7) is 4.44. The molecular formula is C20H26N4O2. The number of piperazine rings is 1. The number of methoxy groups -OCH3 is 1. The highest BCUT2D eigenvalue weighted by atomic mass is 16.5. The second-order valence-electron chi connectivity index (χ2n) is 6.47. The molecule has 138 valence electrons. The van der Waals surface area contributed by atoms with Crippen LogP contribution in [0.15, 0.2) is 48.5 Å². The number of nitrogens with zero attached hydrogens (tertiary/aromatic N) is 2. The van der Waals surface area contributed by atoms with Crippen LogP contribution in [0.5, 0.6) is 5.75 Å². The first-order valence-electron chi connectivity index (χ1n) is 8.85. The van der Waals surface area contributed by atoms with Crippen LogP contribution < -0.4 is 20.3 Å². The fourth-order valence-electron chi connectivity index (χ4n) is 2.92. The lowest BCUT2D eigenvalue weighted by molar-refractivity contribution is -0.114. The van der Waals surface area contributed by atoms with Crippen LogP contribution in [0.4, 0.5) is 17.1 Å². The Kier molecular flexibility index (Phi) is 5.96. The van der Waals surface area contributed by atoms with Crippen molar-refractivity contribution in [3.8, 4) is 5.75 Å². The Bertz CT molecular complexity index is 708. The van der Waals surface area contributed by atoms with E-state index in [9.17, 15) is 4.79 Å². The number of ether oxygens (including phenoxy) is 1. The number of anilines is 3. The third-order valence-corrected chi connectivity index (χ3v) is 4.56. The third-order valence-electron chi connectivity index (χ3n) is 4.56. The number of amides is 1. The smallest absolute Gasteiger partial charge is 0.243 e. The van der Waals surface area contributed by atoms with Gasteiger partial charge in [-0.25, -0.2) is 0 Å². The van der Waals surface area contributed by atoms with Crippen molar-refractivity contribution in [2.24, 2.45) is 0 Å². The Morgan fingerprint density at radius 1 is 0.962 bits per heavy atom. The maximum atomic E-state index is 12.1. The molecule has 1 aliphatic heterocycles. The van der Waals surface area contributed by atoms with Gasteiger partial charge in [0.05, 0.1) is 13.7 Å². The molecule has 0 atom stereocenters. The minimum atomic E-state index is -0.0758. The van der Waals surface area contributed by atoms with Gasteiger partial charge in [-0.15, -0.1) is 0 Å². The average Bonchev–Trinajstić information content (AvgIpc) is 2.68. The molecule has 6 nitrogen and oxygen atoms in total. The minimum Gasteiger partial charge on any atom is -0.497 e. The molecule has 26 heavy (non-hydrogen) atoms. The summed E-state index contributed by atoms with van der Waals surface area (Å²) in [6.07, 6.45) is 0. The van der Waals surface area contributed by atoms with Crippen molar-refractivity contribution in [2.45, 2.75) is 0 Å². The van der Waals surface area contributed by atoms with Gasteiger partial charge in [-0.05, 0) is 55.6 Å². The zero-order valence-electron chi connectivity index (χ0n) is 15.4. The topological polar surface area (TPSA) is 56.8 Å². The lowest BCUT2D eigenvalue weighted by Crippen LogP contribution is -2.44. The molecule has 1 amide bonds. The summed E-state index contributed by atoms with van der Waals surface area (Å²) >= 11 is 0. The van der Waals surface area contributed by atoms with E-state index in [4.69, 9.17) is 4.74 Å². The number of likely N-dealkylation sites (N-methyl/N-ethyl adjacent to an activating group) is 1. The van der Waals surface area contributed by atoms with E-state index < -0.39 is 0 Å². The summed E-state index contributed by atoms with van der Waals surface area (Å²) < 4.78 is 5.12. The Labute approximate surface area is 154 Å². The zero-order chi connectivity index (χ0) is 18.4. The van der Waals surface area contributed by atoms with Crippen LogP contribution in [0.3, 0.4) is 0 Å². The monoisotopic (exact) mass is 354 g/mol. The summed E-state index contributed by atoms with van der Waals surface area (Å²) in [5.41, 5.74) is 2.89. The predicted molar refractivity (Wildman–Crippen MR) is 106 cm³/mol. The SMILES string of the molecule is COc1ccc(NCC(=O)Nc2ccc(N3CCN(C)CC3)cc2)cc1. The molecule has 0 aromatic heterocycles. The first kappa shape index (κ1) is 18.1. The van der Waals surface area contributed by atoms with Gasteiger partial charge in [0, 0.05) is 43.2 Å². The van der Waals surface area contributed by atoms with Crippen molar-refractivity contribution in [3.05, 3.63) is 48.5 Å². The van der Waals surface area contributed by atoms with E-state index >= 15 is 0 Å². The van der Waals surface area contributed by atoms with Gasteiger partial charge in [0.1, 0.15) is 5.75 Å². The van der Waals surface area contributed by atoms with Crippen molar-refractivity contribution in [1.82, 2.24) is 4.90 Å². The van der Waals surface area contributed by atoms with Crippen molar-refractivity contribution >= 4 is 23.0 Å². The second kappa shape index (κ2) is 8.58. The molecule has 0 radical (unpaired) electrons. The van der Waals surface area contributed by atoms with Gasteiger partial charge in [-0.1, -0.05) is 0 Å². The standard InChI is InChI=1S/C20H26N4O2/c1-23-11-13-24(14-12-23)18-7-3-17(4-8-18)22-20(25)15-21-16-5-9-19(26-2)10-6-16/h3-10,21H,11-15H2,1-2H3,(H,22,25). The van der Waals surface area contributed by atoms with E-state index in [1.807, 2.05) is 36.4 Å². The Balaban J connectivity index is 1.47. The molecule has 0 saturated carbocycles. The van der Waals surface area contributed by atoms with Gasteiger partial charge < -0.3 is 25.2 Å². The normalized spacial score (nSPS) is 14.8. The molecule has 0 spiro atoms. The number of hydrogen-bond donors (Lipinski definition) is 2. The van der Waals surface area contributed by atoms with Crippen LogP contribution in [0, 0.1) is 0 Å². The van der Waals surface area contributed by atoms with Crippen molar-refractivity contribution in [2.75, 3.05) is 62.4 Å². The molecule has 0 aliphatic carbocycles. The number of rotatable bonds is 6. The van der Waals surface area contributed by atoms with Gasteiger partial charge in [0.2, 0.25) is 5.91 Å². The van der Waals surface area contributed by atoms with E-state index in [1.165, 1.54) is 5.69 Å². The van der Waals surface area contributed by atoms with E-state index in [-0.39, 0.29) is 12.5 Å². The van der Waals surface area contributed by atoms with Crippen LogP contribution in [0.1, 0.15) is 0 Å². The van der Waals surface area contributed by atoms with Gasteiger partial charge in [0.25, 0.3) is 0 Å². The van der Waals surface area contributed by atoms with E-state index in [0.717, 1.165) is 43.3 Å². The Morgan fingerprint density at radius 3 is 2.19 bits per heavy atom. The molecule has 1 heterocycles. The zero-order valence-corrected chi connectivity index (χ0v) is 15.4. The molecule has 1 aliphatic rings. The molecule has 6 heteroatoms.